The lowest BCUT2D eigenvalue weighted by atomic mass is 10.0. The lowest BCUT2D eigenvalue weighted by Gasteiger charge is -2.16. The Morgan fingerprint density at radius 3 is 2.84 bits per heavy atom. The first kappa shape index (κ1) is 18.7. The highest BCUT2D eigenvalue weighted by Gasteiger charge is 2.42. The summed E-state index contributed by atoms with van der Waals surface area (Å²) in [4.78, 5) is 34.1. The van der Waals surface area contributed by atoms with Gasteiger partial charge in [-0.3, -0.25) is 19.3 Å². The van der Waals surface area contributed by atoms with Gasteiger partial charge in [0.05, 0.1) is 19.6 Å². The summed E-state index contributed by atoms with van der Waals surface area (Å²) in [6, 6.07) is 7.63. The second-order valence-corrected chi connectivity index (χ2v) is 6.00. The van der Waals surface area contributed by atoms with E-state index in [9.17, 15) is 9.59 Å². The number of nitrogens with one attached hydrogen (secondary N) is 2. The van der Waals surface area contributed by atoms with Crippen LogP contribution < -0.4 is 15.4 Å². The zero-order valence-corrected chi connectivity index (χ0v) is 14.1. The average Bonchev–Trinajstić information content (AvgIpc) is 3.15. The molecule has 0 saturated carbocycles. The van der Waals surface area contributed by atoms with Crippen molar-refractivity contribution in [2.75, 3.05) is 33.3 Å². The van der Waals surface area contributed by atoms with E-state index in [0.717, 1.165) is 24.4 Å². The van der Waals surface area contributed by atoms with E-state index in [0.29, 0.717) is 25.6 Å². The van der Waals surface area contributed by atoms with Gasteiger partial charge in [-0.1, -0.05) is 18.2 Å². The molecular weight excluding hydrogens is 326 g/mol. The molecule has 0 aliphatic carbocycles. The maximum absolute atomic E-state index is 12.1. The summed E-state index contributed by atoms with van der Waals surface area (Å²) < 4.78 is 5.27. The molecule has 2 fully saturated rings. The molecule has 0 unspecified atom stereocenters. The van der Waals surface area contributed by atoms with Crippen LogP contribution in [0.25, 0.3) is 0 Å². The van der Waals surface area contributed by atoms with Crippen LogP contribution in [0.3, 0.4) is 0 Å². The number of amides is 2. The Labute approximate surface area is 146 Å². The van der Waals surface area contributed by atoms with E-state index in [1.807, 2.05) is 24.3 Å². The molecule has 2 amide bonds. The van der Waals surface area contributed by atoms with Crippen LogP contribution in [-0.4, -0.2) is 61.6 Å². The quantitative estimate of drug-likeness (QED) is 0.630. The first-order chi connectivity index (χ1) is 12.1. The molecular formula is C17H23N3O5. The van der Waals surface area contributed by atoms with Crippen LogP contribution >= 0.6 is 0 Å². The van der Waals surface area contributed by atoms with Crippen molar-refractivity contribution in [3.05, 3.63) is 29.8 Å². The lowest BCUT2D eigenvalue weighted by molar-refractivity contribution is -0.124. The number of rotatable bonds is 5. The van der Waals surface area contributed by atoms with E-state index in [1.165, 1.54) is 0 Å². The van der Waals surface area contributed by atoms with E-state index in [4.69, 9.17) is 14.6 Å². The minimum Gasteiger partial charge on any atom is -0.496 e. The number of methoxy groups -OCH3 is 1. The number of ether oxygens (including phenoxy) is 1. The molecule has 0 radical (unpaired) electrons. The fourth-order valence-corrected chi connectivity index (χ4v) is 3.26. The summed E-state index contributed by atoms with van der Waals surface area (Å²) in [5.74, 6) is 1.29. The highest BCUT2D eigenvalue weighted by molar-refractivity contribution is 5.82. The lowest BCUT2D eigenvalue weighted by Crippen LogP contribution is -2.37. The highest BCUT2D eigenvalue weighted by atomic mass is 16.5. The number of hydrogen-bond acceptors (Lipinski definition) is 5. The van der Waals surface area contributed by atoms with Gasteiger partial charge >= 0.3 is 0 Å². The molecule has 0 spiro atoms. The third kappa shape index (κ3) is 4.93. The van der Waals surface area contributed by atoms with Gasteiger partial charge in [-0.15, -0.1) is 0 Å². The molecule has 25 heavy (non-hydrogen) atoms. The van der Waals surface area contributed by atoms with Crippen LogP contribution in [0.2, 0.25) is 0 Å². The number of carbonyl (C=O) groups is 3. The smallest absolute Gasteiger partial charge is 0.290 e. The fourth-order valence-electron chi connectivity index (χ4n) is 3.26. The molecule has 3 rings (SSSR count). The van der Waals surface area contributed by atoms with Gasteiger partial charge in [0, 0.05) is 37.7 Å². The molecule has 136 valence electrons. The summed E-state index contributed by atoms with van der Waals surface area (Å²) in [7, 11) is 1.62. The van der Waals surface area contributed by atoms with Crippen LogP contribution in [0.5, 0.6) is 5.75 Å². The summed E-state index contributed by atoms with van der Waals surface area (Å²) in [5, 5.41) is 12.7. The summed E-state index contributed by atoms with van der Waals surface area (Å²) >= 11 is 0. The Morgan fingerprint density at radius 1 is 1.44 bits per heavy atom. The van der Waals surface area contributed by atoms with E-state index in [2.05, 4.69) is 15.5 Å². The van der Waals surface area contributed by atoms with Gasteiger partial charge in [0.2, 0.25) is 11.8 Å². The number of hydrogen-bond donors (Lipinski definition) is 3. The minimum atomic E-state index is -0.250. The molecule has 0 aromatic heterocycles. The number of fused-ring (bicyclic) bond motifs is 1. The molecule has 3 N–H and O–H groups in total. The summed E-state index contributed by atoms with van der Waals surface area (Å²) in [6.45, 7) is 2.77. The van der Waals surface area contributed by atoms with Gasteiger partial charge in [-0.05, 0) is 6.07 Å². The maximum Gasteiger partial charge on any atom is 0.290 e. The van der Waals surface area contributed by atoms with Crippen LogP contribution in [0, 0.1) is 11.8 Å². The number of likely N-dealkylation sites (tertiary alicyclic amines) is 1. The van der Waals surface area contributed by atoms with Crippen molar-refractivity contribution in [2.24, 2.45) is 11.8 Å². The van der Waals surface area contributed by atoms with Crippen LogP contribution in [0.15, 0.2) is 24.3 Å². The van der Waals surface area contributed by atoms with E-state index in [-0.39, 0.29) is 24.2 Å². The topological polar surface area (TPSA) is 108 Å². The second kappa shape index (κ2) is 9.03. The Hall–Kier alpha value is -2.61. The van der Waals surface area contributed by atoms with Gasteiger partial charge in [-0.2, -0.15) is 0 Å². The first-order valence-corrected chi connectivity index (χ1v) is 8.05. The molecule has 2 aliphatic rings. The van der Waals surface area contributed by atoms with Crippen molar-refractivity contribution in [2.45, 2.75) is 6.54 Å². The first-order valence-electron chi connectivity index (χ1n) is 8.05. The van der Waals surface area contributed by atoms with Gasteiger partial charge in [0.1, 0.15) is 5.75 Å². The van der Waals surface area contributed by atoms with E-state index >= 15 is 0 Å². The predicted molar refractivity (Wildman–Crippen MR) is 90.0 cm³/mol. The molecule has 8 heteroatoms. The predicted octanol–water partition coefficient (Wildman–Crippen LogP) is -0.310. The largest absolute Gasteiger partial charge is 0.496 e. The third-order valence-electron chi connectivity index (χ3n) is 4.43. The number of carboxylic acid groups (broad SMARTS) is 1. The Kier molecular flexibility index (Phi) is 6.76. The van der Waals surface area contributed by atoms with Crippen molar-refractivity contribution in [3.8, 4) is 5.75 Å². The van der Waals surface area contributed by atoms with Crippen molar-refractivity contribution in [1.82, 2.24) is 15.5 Å². The van der Waals surface area contributed by atoms with E-state index in [1.54, 1.807) is 7.11 Å². The van der Waals surface area contributed by atoms with E-state index < -0.39 is 0 Å². The Bertz CT molecular complexity index is 622. The van der Waals surface area contributed by atoms with Crippen LogP contribution in [0.1, 0.15) is 5.56 Å². The zero-order chi connectivity index (χ0) is 18.2. The number of benzene rings is 1. The van der Waals surface area contributed by atoms with Crippen molar-refractivity contribution in [3.63, 3.8) is 0 Å². The molecule has 2 atom stereocenters. The van der Waals surface area contributed by atoms with Gasteiger partial charge in [0.15, 0.2) is 0 Å². The summed E-state index contributed by atoms with van der Waals surface area (Å²) in [6.07, 6.45) is 0. The zero-order valence-electron chi connectivity index (χ0n) is 14.1. The van der Waals surface area contributed by atoms with Gasteiger partial charge < -0.3 is 20.5 Å². The maximum atomic E-state index is 12.1. The monoisotopic (exact) mass is 349 g/mol. The molecule has 2 aliphatic heterocycles. The average molecular weight is 349 g/mol. The normalized spacial score (nSPS) is 21.6. The second-order valence-electron chi connectivity index (χ2n) is 6.00. The molecule has 2 saturated heterocycles. The Morgan fingerprint density at radius 2 is 2.16 bits per heavy atom. The molecule has 0 bridgehead atoms. The molecule has 1 aromatic carbocycles. The highest BCUT2D eigenvalue weighted by Crippen LogP contribution is 2.26. The fraction of sp³-hybridized carbons (Fsp3) is 0.471. The van der Waals surface area contributed by atoms with Crippen molar-refractivity contribution >= 4 is 18.3 Å². The van der Waals surface area contributed by atoms with Crippen molar-refractivity contribution in [1.29, 1.82) is 0 Å². The molecule has 1 aromatic rings. The van der Waals surface area contributed by atoms with Crippen molar-refractivity contribution < 1.29 is 24.2 Å². The minimum absolute atomic E-state index is 0.0220. The van der Waals surface area contributed by atoms with Gasteiger partial charge in [0.25, 0.3) is 6.47 Å². The third-order valence-corrected chi connectivity index (χ3v) is 4.43. The Balaban J connectivity index is 0.000000701. The molecule has 8 nitrogen and oxygen atoms in total. The number of nitrogens with zero attached hydrogens (tertiary/aromatic N) is 1. The number of carbonyl (C=O) groups excluding carboxylic acids is 2. The molecule has 2 heterocycles. The standard InChI is InChI=1S/C16H21N3O3.CH2O2/c1-22-14-5-3-2-4-11(14)6-17-15(20)10-19-8-12-7-18-16(21)13(12)9-19;2-1-3/h2-5,12-13H,6-10H2,1H3,(H,17,20)(H,18,21);1H,(H,2,3)/t12-,13+;/m0./s1. The van der Waals surface area contributed by atoms with Gasteiger partial charge in [-0.25, -0.2) is 0 Å². The number of para-hydroxylation sites is 1. The summed E-state index contributed by atoms with van der Waals surface area (Å²) in [5.41, 5.74) is 0.955. The SMILES string of the molecule is COc1ccccc1CNC(=O)CN1C[C@@H]2CNC(=O)[C@@H]2C1.O=CO. The van der Waals surface area contributed by atoms with Crippen LogP contribution in [-0.2, 0) is 20.9 Å². The van der Waals surface area contributed by atoms with Crippen LogP contribution in [0.4, 0.5) is 0 Å².